The molecule has 0 bridgehead atoms. The molecule has 0 N–H and O–H groups in total. The molecule has 0 nitrogen and oxygen atoms in total. The van der Waals surface area contributed by atoms with Gasteiger partial charge >= 0.3 is 23.1 Å². The van der Waals surface area contributed by atoms with E-state index in [2.05, 4.69) is 32.6 Å². The van der Waals surface area contributed by atoms with Gasteiger partial charge in [-0.2, -0.15) is 12.8 Å². The summed E-state index contributed by atoms with van der Waals surface area (Å²) in [7, 11) is -0.861. The smallest absolute Gasteiger partial charge is 0.342 e. The summed E-state index contributed by atoms with van der Waals surface area (Å²) >= 11 is 0. The normalized spacial score (nSPS) is 17.0. The molecule has 0 aromatic carbocycles. The van der Waals surface area contributed by atoms with Gasteiger partial charge in [-0.25, -0.2) is 0 Å². The molecule has 1 fully saturated rings. The van der Waals surface area contributed by atoms with Crippen molar-refractivity contribution in [2.45, 2.75) is 51.7 Å². The van der Waals surface area contributed by atoms with Gasteiger partial charge in [0, 0.05) is 0 Å². The Kier molecular flexibility index (Phi) is 11.0. The largest absolute Gasteiger partial charge is 2.00 e. The Morgan fingerprint density at radius 2 is 1.33 bits per heavy atom. The molecule has 1 aliphatic rings. The molecular weight excluding hydrogens is 173 g/mol. The van der Waals surface area contributed by atoms with Crippen molar-refractivity contribution in [1.29, 1.82) is 0 Å². The molecule has 0 saturated heterocycles. The quantitative estimate of drug-likeness (QED) is 0.409. The van der Waals surface area contributed by atoms with Gasteiger partial charge in [-0.1, -0.05) is 38.9 Å². The van der Waals surface area contributed by atoms with Crippen LogP contribution in [-0.2, 0) is 0 Å². The minimum absolute atomic E-state index is 0. The SMILES string of the molecule is [CH-]1CCCCC1.[CH2-][Si](C)(C)C.[Mg+2]. The predicted molar refractivity (Wildman–Crippen MR) is 61.8 cm³/mol. The number of hydrogen-bond acceptors (Lipinski definition) is 0. The summed E-state index contributed by atoms with van der Waals surface area (Å²) in [4.78, 5) is 0. The zero-order valence-corrected chi connectivity index (χ0v) is 11.4. The predicted octanol–water partition coefficient (Wildman–Crippen LogP) is 3.47. The van der Waals surface area contributed by atoms with Gasteiger partial charge in [0.1, 0.15) is 0 Å². The van der Waals surface area contributed by atoms with E-state index < -0.39 is 8.07 Å². The molecule has 68 valence electrons. The molecule has 0 aromatic heterocycles. The Balaban J connectivity index is 0. The Bertz CT molecular complexity index is 64.8. The van der Waals surface area contributed by atoms with Crippen LogP contribution < -0.4 is 0 Å². The summed E-state index contributed by atoms with van der Waals surface area (Å²) < 4.78 is 0. The average Bonchev–Trinajstić information content (AvgIpc) is 1.88. The molecule has 0 aromatic rings. The summed E-state index contributed by atoms with van der Waals surface area (Å²) in [5.74, 6) is 0. The fourth-order valence-corrected chi connectivity index (χ4v) is 0.898. The van der Waals surface area contributed by atoms with Crippen LogP contribution >= 0.6 is 0 Å². The van der Waals surface area contributed by atoms with Crippen LogP contribution in [0.2, 0.25) is 19.6 Å². The topological polar surface area (TPSA) is 0 Å². The fraction of sp³-hybridized carbons (Fsp3) is 0.800. The van der Waals surface area contributed by atoms with Crippen molar-refractivity contribution in [2.24, 2.45) is 0 Å². The number of rotatable bonds is 0. The van der Waals surface area contributed by atoms with Crippen molar-refractivity contribution < 1.29 is 0 Å². The van der Waals surface area contributed by atoms with E-state index in [0.717, 1.165) is 0 Å². The molecule has 0 heterocycles. The van der Waals surface area contributed by atoms with E-state index in [1.165, 1.54) is 32.1 Å². The minimum atomic E-state index is -0.861. The van der Waals surface area contributed by atoms with Crippen LogP contribution in [0.3, 0.4) is 0 Å². The maximum atomic E-state index is 3.91. The van der Waals surface area contributed by atoms with Gasteiger partial charge in [0.25, 0.3) is 0 Å². The molecule has 0 atom stereocenters. The monoisotopic (exact) mass is 194 g/mol. The average molecular weight is 195 g/mol. The Hall–Kier alpha value is 0.983. The number of hydrogen-bond donors (Lipinski definition) is 0. The summed E-state index contributed by atoms with van der Waals surface area (Å²) in [5.41, 5.74) is 0. The second kappa shape index (κ2) is 8.58. The summed E-state index contributed by atoms with van der Waals surface area (Å²) in [6.07, 6.45) is 9.50. The van der Waals surface area contributed by atoms with E-state index in [4.69, 9.17) is 0 Å². The van der Waals surface area contributed by atoms with Crippen LogP contribution in [0, 0.1) is 13.0 Å². The zero-order chi connectivity index (χ0) is 8.74. The van der Waals surface area contributed by atoms with Crippen LogP contribution in [0.4, 0.5) is 0 Å². The van der Waals surface area contributed by atoms with Crippen molar-refractivity contribution >= 4 is 31.1 Å². The molecule has 1 saturated carbocycles. The summed E-state index contributed by atoms with van der Waals surface area (Å²) in [6, 6.07) is 0. The van der Waals surface area contributed by atoms with Crippen LogP contribution in [0.5, 0.6) is 0 Å². The molecule has 0 spiro atoms. The van der Waals surface area contributed by atoms with E-state index in [-0.39, 0.29) is 23.1 Å². The third kappa shape index (κ3) is 22.4. The van der Waals surface area contributed by atoms with Crippen molar-refractivity contribution in [3.63, 3.8) is 0 Å². The van der Waals surface area contributed by atoms with Crippen LogP contribution in [0.15, 0.2) is 0 Å². The molecule has 0 radical (unpaired) electrons. The Morgan fingerprint density at radius 1 is 1.00 bits per heavy atom. The molecule has 1 rings (SSSR count). The van der Waals surface area contributed by atoms with E-state index >= 15 is 0 Å². The third-order valence-electron chi connectivity index (χ3n) is 1.32. The third-order valence-corrected chi connectivity index (χ3v) is 1.32. The second-order valence-electron chi connectivity index (χ2n) is 4.49. The Morgan fingerprint density at radius 3 is 1.42 bits per heavy atom. The maximum Gasteiger partial charge on any atom is 2.00 e. The summed E-state index contributed by atoms with van der Waals surface area (Å²) in [5, 5.41) is 0. The van der Waals surface area contributed by atoms with E-state index in [9.17, 15) is 0 Å². The standard InChI is InChI=1S/C6H11.C4H11Si.Mg/c1-2-4-6-5-3-1;1-5(2,3)4;/h1H,2-6H2;1H2,2-4H3;/q2*-1;+2. The van der Waals surface area contributed by atoms with Crippen LogP contribution in [-0.4, -0.2) is 31.1 Å². The van der Waals surface area contributed by atoms with E-state index in [1.807, 2.05) is 0 Å². The second-order valence-corrected chi connectivity index (χ2v) is 9.61. The van der Waals surface area contributed by atoms with Crippen LogP contribution in [0.25, 0.3) is 0 Å². The van der Waals surface area contributed by atoms with Crippen molar-refractivity contribution in [1.82, 2.24) is 0 Å². The summed E-state index contributed by atoms with van der Waals surface area (Å²) in [6.45, 7) is 10.6. The molecule has 0 amide bonds. The van der Waals surface area contributed by atoms with Gasteiger partial charge in [0.15, 0.2) is 0 Å². The first kappa shape index (κ1) is 15.5. The zero-order valence-electron chi connectivity index (χ0n) is 9.03. The van der Waals surface area contributed by atoms with Gasteiger partial charge in [-0.15, -0.1) is 8.07 Å². The molecule has 0 unspecified atom stereocenters. The van der Waals surface area contributed by atoms with E-state index in [1.54, 1.807) is 0 Å². The Labute approximate surface area is 95.7 Å². The first-order chi connectivity index (χ1) is 5.00. The molecular formula is C10H22MgSi. The van der Waals surface area contributed by atoms with Crippen molar-refractivity contribution in [3.05, 3.63) is 13.0 Å². The fourth-order valence-electron chi connectivity index (χ4n) is 0.898. The molecule has 2 heteroatoms. The minimum Gasteiger partial charge on any atom is -0.342 e. The first-order valence-electron chi connectivity index (χ1n) is 4.67. The van der Waals surface area contributed by atoms with Gasteiger partial charge in [0.05, 0.1) is 0 Å². The van der Waals surface area contributed by atoms with E-state index in [0.29, 0.717) is 0 Å². The molecule has 12 heavy (non-hydrogen) atoms. The van der Waals surface area contributed by atoms with Crippen molar-refractivity contribution in [2.75, 3.05) is 0 Å². The molecule has 1 aliphatic carbocycles. The molecule has 0 aliphatic heterocycles. The van der Waals surface area contributed by atoms with Gasteiger partial charge in [0.2, 0.25) is 0 Å². The van der Waals surface area contributed by atoms with Gasteiger partial charge in [-0.05, 0) is 0 Å². The maximum absolute atomic E-state index is 3.91. The van der Waals surface area contributed by atoms with Gasteiger partial charge < -0.3 is 13.0 Å². The van der Waals surface area contributed by atoms with Crippen LogP contribution in [0.1, 0.15) is 32.1 Å². The van der Waals surface area contributed by atoms with Gasteiger partial charge in [-0.3, -0.25) is 0 Å². The van der Waals surface area contributed by atoms with Crippen molar-refractivity contribution in [3.8, 4) is 0 Å². The first-order valence-corrected chi connectivity index (χ1v) is 8.38.